The van der Waals surface area contributed by atoms with Crippen LogP contribution in [0.25, 0.3) is 11.4 Å². The fourth-order valence-corrected chi connectivity index (χ4v) is 7.85. The molecule has 1 atom stereocenters. The van der Waals surface area contributed by atoms with E-state index in [1.54, 1.807) is 18.9 Å². The molecule has 30 heavy (non-hydrogen) atoms. The molecular weight excluding hydrogens is 394 g/mol. The Bertz CT molecular complexity index is 918. The van der Waals surface area contributed by atoms with E-state index in [-0.39, 0.29) is 10.7 Å². The lowest BCUT2D eigenvalue weighted by atomic mass is 9.48. The number of ether oxygens (including phenoxy) is 1. The van der Waals surface area contributed by atoms with Crippen molar-refractivity contribution in [3.63, 3.8) is 0 Å². The molecular formula is C24H31N3O2S. The van der Waals surface area contributed by atoms with Crippen molar-refractivity contribution in [3.8, 4) is 17.1 Å². The fourth-order valence-electron chi connectivity index (χ4n) is 6.74. The molecule has 6 rings (SSSR count). The van der Waals surface area contributed by atoms with Gasteiger partial charge < -0.3 is 9.30 Å². The highest BCUT2D eigenvalue weighted by Crippen LogP contribution is 2.61. The second kappa shape index (κ2) is 7.70. The third-order valence-electron chi connectivity index (χ3n) is 7.59. The minimum absolute atomic E-state index is 0.0658. The number of ketones is 1. The summed E-state index contributed by atoms with van der Waals surface area (Å²) in [7, 11) is 1.67. The van der Waals surface area contributed by atoms with Crippen molar-refractivity contribution >= 4 is 17.5 Å². The van der Waals surface area contributed by atoms with Crippen molar-refractivity contribution in [2.75, 3.05) is 7.11 Å². The Morgan fingerprint density at radius 1 is 1.17 bits per heavy atom. The summed E-state index contributed by atoms with van der Waals surface area (Å²) < 4.78 is 7.63. The van der Waals surface area contributed by atoms with Gasteiger partial charge in [0.05, 0.1) is 17.9 Å². The predicted molar refractivity (Wildman–Crippen MR) is 119 cm³/mol. The highest BCUT2D eigenvalue weighted by Gasteiger charge is 2.55. The molecule has 160 valence electrons. The summed E-state index contributed by atoms with van der Waals surface area (Å²) in [6.07, 6.45) is 7.45. The molecule has 6 heteroatoms. The first-order valence-electron chi connectivity index (χ1n) is 11.3. The van der Waals surface area contributed by atoms with Gasteiger partial charge in [0.25, 0.3) is 0 Å². The van der Waals surface area contributed by atoms with Gasteiger partial charge in [0.1, 0.15) is 5.75 Å². The van der Waals surface area contributed by atoms with Crippen LogP contribution in [0, 0.1) is 23.2 Å². The predicted octanol–water partition coefficient (Wildman–Crippen LogP) is 5.24. The standard InChI is InChI=1S/C24H31N3O2S/c1-4-27-22(19-7-5-6-8-20(19)29-3)25-26-23(27)30-15(2)21(28)24-12-16-9-17(13-24)11-18(10-16)14-24/h5-8,15-18H,4,9-14H2,1-3H3. The van der Waals surface area contributed by atoms with E-state index in [0.29, 0.717) is 5.78 Å². The summed E-state index contributed by atoms with van der Waals surface area (Å²) in [5.74, 6) is 4.40. The normalized spacial score (nSPS) is 30.4. The number of hydrogen-bond acceptors (Lipinski definition) is 5. The molecule has 1 unspecified atom stereocenters. The lowest BCUT2D eigenvalue weighted by Crippen LogP contribution is -2.51. The van der Waals surface area contributed by atoms with Crippen LogP contribution in [0.2, 0.25) is 0 Å². The Morgan fingerprint density at radius 3 is 2.40 bits per heavy atom. The second-order valence-corrected chi connectivity index (χ2v) is 10.9. The van der Waals surface area contributed by atoms with Gasteiger partial charge in [-0.05, 0) is 82.3 Å². The highest BCUT2D eigenvalue weighted by molar-refractivity contribution is 8.00. The average molecular weight is 426 g/mol. The summed E-state index contributed by atoms with van der Waals surface area (Å²) in [6.45, 7) is 4.92. The van der Waals surface area contributed by atoms with Crippen molar-refractivity contribution in [2.24, 2.45) is 23.2 Å². The number of Topliss-reactive ketones (excluding diaryl/α,β-unsaturated/α-hetero) is 1. The van der Waals surface area contributed by atoms with Crippen LogP contribution >= 0.6 is 11.8 Å². The third-order valence-corrected chi connectivity index (χ3v) is 8.67. The maximum absolute atomic E-state index is 13.7. The Kier molecular flexibility index (Phi) is 5.16. The van der Waals surface area contributed by atoms with Crippen LogP contribution in [-0.2, 0) is 11.3 Å². The zero-order valence-corrected chi connectivity index (χ0v) is 19.0. The van der Waals surface area contributed by atoms with Crippen LogP contribution in [0.5, 0.6) is 5.75 Å². The summed E-state index contributed by atoms with van der Waals surface area (Å²) >= 11 is 1.58. The van der Waals surface area contributed by atoms with E-state index in [1.807, 2.05) is 24.3 Å². The van der Waals surface area contributed by atoms with Gasteiger partial charge in [-0.3, -0.25) is 4.79 Å². The van der Waals surface area contributed by atoms with Crippen LogP contribution in [0.3, 0.4) is 0 Å². The molecule has 5 nitrogen and oxygen atoms in total. The van der Waals surface area contributed by atoms with Crippen molar-refractivity contribution in [3.05, 3.63) is 24.3 Å². The average Bonchev–Trinajstić information content (AvgIpc) is 3.14. The van der Waals surface area contributed by atoms with E-state index in [9.17, 15) is 4.79 Å². The smallest absolute Gasteiger partial charge is 0.192 e. The summed E-state index contributed by atoms with van der Waals surface area (Å²) in [5.41, 5.74) is 0.866. The van der Waals surface area contributed by atoms with Crippen molar-refractivity contribution < 1.29 is 9.53 Å². The molecule has 4 fully saturated rings. The second-order valence-electron chi connectivity index (χ2n) is 9.57. The zero-order chi connectivity index (χ0) is 20.9. The molecule has 1 heterocycles. The summed E-state index contributed by atoms with van der Waals surface area (Å²) in [6, 6.07) is 7.89. The molecule has 0 saturated heterocycles. The molecule has 4 aliphatic carbocycles. The summed E-state index contributed by atoms with van der Waals surface area (Å²) in [5, 5.41) is 9.67. The number of thioether (sulfide) groups is 1. The molecule has 0 radical (unpaired) electrons. The molecule has 2 aromatic rings. The minimum Gasteiger partial charge on any atom is -0.496 e. The van der Waals surface area contributed by atoms with Gasteiger partial charge >= 0.3 is 0 Å². The number of hydrogen-bond donors (Lipinski definition) is 0. The number of benzene rings is 1. The molecule has 0 aliphatic heterocycles. The Morgan fingerprint density at radius 2 is 1.80 bits per heavy atom. The fraction of sp³-hybridized carbons (Fsp3) is 0.625. The Labute approximate surface area is 183 Å². The Hall–Kier alpha value is -1.82. The lowest BCUT2D eigenvalue weighted by Gasteiger charge is -2.56. The van der Waals surface area contributed by atoms with Gasteiger partial charge in [-0.1, -0.05) is 23.9 Å². The summed E-state index contributed by atoms with van der Waals surface area (Å²) in [4.78, 5) is 13.7. The van der Waals surface area contributed by atoms with Gasteiger partial charge in [0, 0.05) is 12.0 Å². The van der Waals surface area contributed by atoms with Crippen molar-refractivity contribution in [1.82, 2.24) is 14.8 Å². The SMILES string of the molecule is CCn1c(SC(C)C(=O)C23CC4CC(CC(C4)C2)C3)nnc1-c1ccccc1OC. The Balaban J connectivity index is 1.38. The third kappa shape index (κ3) is 3.28. The number of carbonyl (C=O) groups excluding carboxylic acids is 1. The molecule has 0 amide bonds. The number of rotatable bonds is 7. The van der Waals surface area contributed by atoms with Gasteiger partial charge in [-0.15, -0.1) is 10.2 Å². The monoisotopic (exact) mass is 425 g/mol. The van der Waals surface area contributed by atoms with Gasteiger partial charge in [-0.2, -0.15) is 0 Å². The first-order chi connectivity index (χ1) is 14.5. The molecule has 4 saturated carbocycles. The molecule has 0 N–H and O–H groups in total. The maximum Gasteiger partial charge on any atom is 0.192 e. The first kappa shape index (κ1) is 20.1. The molecule has 4 bridgehead atoms. The van der Waals surface area contributed by atoms with E-state index in [0.717, 1.165) is 65.9 Å². The van der Waals surface area contributed by atoms with Crippen LogP contribution in [-0.4, -0.2) is 32.9 Å². The molecule has 1 aromatic carbocycles. The number of para-hydroxylation sites is 1. The van der Waals surface area contributed by atoms with Crippen LogP contribution < -0.4 is 4.74 Å². The van der Waals surface area contributed by atoms with E-state index in [2.05, 4.69) is 28.6 Å². The van der Waals surface area contributed by atoms with E-state index < -0.39 is 0 Å². The number of nitrogens with zero attached hydrogens (tertiary/aromatic N) is 3. The minimum atomic E-state index is -0.0960. The number of carbonyl (C=O) groups is 1. The lowest BCUT2D eigenvalue weighted by molar-refractivity contribution is -0.143. The van der Waals surface area contributed by atoms with Gasteiger partial charge in [0.15, 0.2) is 16.8 Å². The molecule has 0 spiro atoms. The van der Waals surface area contributed by atoms with Crippen molar-refractivity contribution in [2.45, 2.75) is 69.3 Å². The maximum atomic E-state index is 13.7. The number of methoxy groups -OCH3 is 1. The van der Waals surface area contributed by atoms with Crippen LogP contribution in [0.4, 0.5) is 0 Å². The number of aromatic nitrogens is 3. The van der Waals surface area contributed by atoms with Crippen LogP contribution in [0.15, 0.2) is 29.4 Å². The zero-order valence-electron chi connectivity index (χ0n) is 18.1. The van der Waals surface area contributed by atoms with E-state index in [4.69, 9.17) is 4.74 Å². The highest BCUT2D eigenvalue weighted by atomic mass is 32.2. The van der Waals surface area contributed by atoms with E-state index in [1.165, 1.54) is 19.3 Å². The van der Waals surface area contributed by atoms with Crippen molar-refractivity contribution in [1.29, 1.82) is 0 Å². The topological polar surface area (TPSA) is 57.0 Å². The molecule has 4 aliphatic rings. The van der Waals surface area contributed by atoms with Crippen LogP contribution in [0.1, 0.15) is 52.4 Å². The quantitative estimate of drug-likeness (QED) is 0.568. The van der Waals surface area contributed by atoms with E-state index >= 15 is 0 Å². The molecule has 1 aromatic heterocycles. The van der Waals surface area contributed by atoms with Gasteiger partial charge in [0.2, 0.25) is 0 Å². The first-order valence-corrected chi connectivity index (χ1v) is 12.2. The van der Waals surface area contributed by atoms with Gasteiger partial charge in [-0.25, -0.2) is 0 Å². The largest absolute Gasteiger partial charge is 0.496 e.